The average molecular weight is 394 g/mol. The van der Waals surface area contributed by atoms with Gasteiger partial charge in [0.2, 0.25) is 0 Å². The fraction of sp³-hybridized carbons (Fsp3) is 0. The molecule has 0 saturated heterocycles. The van der Waals surface area contributed by atoms with Gasteiger partial charge in [-0.25, -0.2) is 0 Å². The van der Waals surface area contributed by atoms with Crippen LogP contribution in [0.2, 0.25) is 5.02 Å². The third-order valence-electron chi connectivity index (χ3n) is 5.12. The highest BCUT2D eigenvalue weighted by Crippen LogP contribution is 2.32. The third kappa shape index (κ3) is 3.28. The van der Waals surface area contributed by atoms with Crippen LogP contribution in [0.4, 0.5) is 0 Å². The summed E-state index contributed by atoms with van der Waals surface area (Å²) in [5.41, 5.74) is 3.99. The summed E-state index contributed by atoms with van der Waals surface area (Å²) in [6.07, 6.45) is 1.63. The van der Waals surface area contributed by atoms with Gasteiger partial charge < -0.3 is 0 Å². The number of carbonyl (C=O) groups is 1. The lowest BCUT2D eigenvalue weighted by atomic mass is 9.96. The summed E-state index contributed by atoms with van der Waals surface area (Å²) in [7, 11) is 0. The van der Waals surface area contributed by atoms with Crippen LogP contribution >= 0.6 is 11.6 Å². The van der Waals surface area contributed by atoms with Crippen LogP contribution in [-0.2, 0) is 0 Å². The quantitative estimate of drug-likeness (QED) is 0.311. The summed E-state index contributed by atoms with van der Waals surface area (Å²) in [6, 6.07) is 29.5. The summed E-state index contributed by atoms with van der Waals surface area (Å²) in [4.78, 5) is 17.7. The Balaban J connectivity index is 1.65. The summed E-state index contributed by atoms with van der Waals surface area (Å²) in [5, 5.41) is 3.69. The molecule has 0 amide bonds. The standard InChI is InChI=1S/C26H16ClNO/c27-22-14-23(18-7-2-1-3-8-18)24-13-21(16-28-25(24)15-22)26(29)20-11-10-17-6-4-5-9-19(17)12-20/h1-16H. The van der Waals surface area contributed by atoms with Crippen molar-refractivity contribution in [1.82, 2.24) is 4.98 Å². The van der Waals surface area contributed by atoms with E-state index in [0.717, 1.165) is 32.8 Å². The molecular weight excluding hydrogens is 378 g/mol. The predicted molar refractivity (Wildman–Crippen MR) is 120 cm³/mol. The highest BCUT2D eigenvalue weighted by Gasteiger charge is 2.14. The Morgan fingerprint density at radius 2 is 1.48 bits per heavy atom. The number of hydrogen-bond donors (Lipinski definition) is 0. The van der Waals surface area contributed by atoms with E-state index in [1.807, 2.05) is 91.0 Å². The van der Waals surface area contributed by atoms with Crippen LogP contribution in [-0.4, -0.2) is 10.8 Å². The summed E-state index contributed by atoms with van der Waals surface area (Å²) in [6.45, 7) is 0. The van der Waals surface area contributed by atoms with Crippen LogP contribution in [0.25, 0.3) is 32.8 Å². The van der Waals surface area contributed by atoms with Gasteiger partial charge in [-0.3, -0.25) is 9.78 Å². The van der Waals surface area contributed by atoms with E-state index in [9.17, 15) is 4.79 Å². The van der Waals surface area contributed by atoms with Crippen LogP contribution in [0.1, 0.15) is 15.9 Å². The lowest BCUT2D eigenvalue weighted by molar-refractivity contribution is 0.103. The molecule has 5 aromatic rings. The molecule has 0 radical (unpaired) electrons. The molecule has 0 N–H and O–H groups in total. The fourth-order valence-electron chi connectivity index (χ4n) is 3.67. The molecule has 5 rings (SSSR count). The SMILES string of the molecule is O=C(c1ccc2ccccc2c1)c1cnc2cc(Cl)cc(-c3ccccc3)c2c1. The second-order valence-corrected chi connectivity index (χ2v) is 7.44. The van der Waals surface area contributed by atoms with E-state index in [1.54, 1.807) is 6.20 Å². The van der Waals surface area contributed by atoms with Gasteiger partial charge in [0, 0.05) is 27.7 Å². The maximum Gasteiger partial charge on any atom is 0.194 e. The van der Waals surface area contributed by atoms with Crippen LogP contribution in [0.5, 0.6) is 0 Å². The van der Waals surface area contributed by atoms with E-state index in [2.05, 4.69) is 4.98 Å². The van der Waals surface area contributed by atoms with Gasteiger partial charge in [0.25, 0.3) is 0 Å². The van der Waals surface area contributed by atoms with Crippen LogP contribution in [0, 0.1) is 0 Å². The van der Waals surface area contributed by atoms with E-state index in [4.69, 9.17) is 11.6 Å². The lowest BCUT2D eigenvalue weighted by Gasteiger charge is -2.10. The number of aromatic nitrogens is 1. The first-order chi connectivity index (χ1) is 14.2. The zero-order valence-corrected chi connectivity index (χ0v) is 16.2. The summed E-state index contributed by atoms with van der Waals surface area (Å²) < 4.78 is 0. The van der Waals surface area contributed by atoms with Crippen molar-refractivity contribution in [2.24, 2.45) is 0 Å². The smallest absolute Gasteiger partial charge is 0.194 e. The van der Waals surface area contributed by atoms with Gasteiger partial charge >= 0.3 is 0 Å². The van der Waals surface area contributed by atoms with Crippen molar-refractivity contribution in [1.29, 1.82) is 0 Å². The van der Waals surface area contributed by atoms with Gasteiger partial charge in [0.05, 0.1) is 5.52 Å². The molecule has 0 fully saturated rings. The molecule has 4 aromatic carbocycles. The van der Waals surface area contributed by atoms with Crippen molar-refractivity contribution in [2.45, 2.75) is 0 Å². The summed E-state index contributed by atoms with van der Waals surface area (Å²) >= 11 is 6.32. The largest absolute Gasteiger partial charge is 0.289 e. The fourth-order valence-corrected chi connectivity index (χ4v) is 3.88. The second-order valence-electron chi connectivity index (χ2n) is 7.00. The molecule has 0 aliphatic heterocycles. The zero-order chi connectivity index (χ0) is 19.8. The van der Waals surface area contributed by atoms with Crippen molar-refractivity contribution in [3.05, 3.63) is 113 Å². The molecule has 2 nitrogen and oxygen atoms in total. The summed E-state index contributed by atoms with van der Waals surface area (Å²) in [5.74, 6) is -0.0425. The molecule has 0 atom stereocenters. The van der Waals surface area contributed by atoms with Crippen LogP contribution in [0.3, 0.4) is 0 Å². The highest BCUT2D eigenvalue weighted by molar-refractivity contribution is 6.32. The maximum absolute atomic E-state index is 13.2. The van der Waals surface area contributed by atoms with Gasteiger partial charge in [-0.1, -0.05) is 78.3 Å². The van der Waals surface area contributed by atoms with Gasteiger partial charge in [-0.05, 0) is 46.2 Å². The number of carbonyl (C=O) groups excluding carboxylic acids is 1. The Hall–Kier alpha value is -3.49. The Kier molecular flexibility index (Phi) is 4.34. The molecule has 138 valence electrons. The molecule has 0 aliphatic carbocycles. The van der Waals surface area contributed by atoms with Crippen molar-refractivity contribution in [3.63, 3.8) is 0 Å². The number of rotatable bonds is 3. The minimum Gasteiger partial charge on any atom is -0.289 e. The minimum atomic E-state index is -0.0425. The van der Waals surface area contributed by atoms with Gasteiger partial charge in [0.1, 0.15) is 0 Å². The Labute approximate surface area is 173 Å². The first kappa shape index (κ1) is 17.6. The number of fused-ring (bicyclic) bond motifs is 2. The normalized spacial score (nSPS) is 11.1. The van der Waals surface area contributed by atoms with E-state index in [1.165, 1.54) is 0 Å². The molecule has 0 aliphatic rings. The predicted octanol–water partition coefficient (Wildman–Crippen LogP) is 6.94. The molecule has 3 heteroatoms. The maximum atomic E-state index is 13.2. The number of nitrogens with zero attached hydrogens (tertiary/aromatic N) is 1. The molecule has 1 aromatic heterocycles. The Bertz CT molecular complexity index is 1380. The van der Waals surface area contributed by atoms with Crippen molar-refractivity contribution < 1.29 is 4.79 Å². The number of pyridine rings is 1. The number of hydrogen-bond acceptors (Lipinski definition) is 2. The van der Waals surface area contributed by atoms with Crippen LogP contribution < -0.4 is 0 Å². The third-order valence-corrected chi connectivity index (χ3v) is 5.34. The van der Waals surface area contributed by atoms with E-state index in [0.29, 0.717) is 16.1 Å². The Morgan fingerprint density at radius 1 is 0.724 bits per heavy atom. The van der Waals surface area contributed by atoms with Gasteiger partial charge in [-0.2, -0.15) is 0 Å². The van der Waals surface area contributed by atoms with Crippen molar-refractivity contribution in [2.75, 3.05) is 0 Å². The van der Waals surface area contributed by atoms with Crippen LogP contribution in [0.15, 0.2) is 97.2 Å². The first-order valence-electron chi connectivity index (χ1n) is 9.37. The zero-order valence-electron chi connectivity index (χ0n) is 15.5. The van der Waals surface area contributed by atoms with Crippen molar-refractivity contribution >= 4 is 39.1 Å². The number of benzene rings is 4. The second kappa shape index (κ2) is 7.16. The molecule has 0 spiro atoms. The number of ketones is 1. The highest BCUT2D eigenvalue weighted by atomic mass is 35.5. The van der Waals surface area contributed by atoms with Gasteiger partial charge in [0.15, 0.2) is 5.78 Å². The molecule has 0 saturated carbocycles. The first-order valence-corrected chi connectivity index (χ1v) is 9.75. The van der Waals surface area contributed by atoms with E-state index < -0.39 is 0 Å². The number of halogens is 1. The van der Waals surface area contributed by atoms with E-state index in [-0.39, 0.29) is 5.78 Å². The van der Waals surface area contributed by atoms with Crippen molar-refractivity contribution in [3.8, 4) is 11.1 Å². The molecule has 0 unspecified atom stereocenters. The Morgan fingerprint density at radius 3 is 2.31 bits per heavy atom. The monoisotopic (exact) mass is 393 g/mol. The van der Waals surface area contributed by atoms with Gasteiger partial charge in [-0.15, -0.1) is 0 Å². The lowest BCUT2D eigenvalue weighted by Crippen LogP contribution is -2.02. The molecular formula is C26H16ClNO. The molecule has 1 heterocycles. The molecule has 29 heavy (non-hydrogen) atoms. The van der Waals surface area contributed by atoms with E-state index >= 15 is 0 Å². The topological polar surface area (TPSA) is 30.0 Å². The molecule has 0 bridgehead atoms. The average Bonchev–Trinajstić information content (AvgIpc) is 2.78. The minimum absolute atomic E-state index is 0.0425.